The average Bonchev–Trinajstić information content (AvgIpc) is 3.01. The molecule has 0 saturated carbocycles. The summed E-state index contributed by atoms with van der Waals surface area (Å²) in [6.45, 7) is 0. The molecule has 1 N–H and O–H groups in total. The quantitative estimate of drug-likeness (QED) is 0.768. The number of H-pyrrole nitrogens is 1. The van der Waals surface area contributed by atoms with E-state index in [0.29, 0.717) is 17.0 Å². The van der Waals surface area contributed by atoms with Crippen molar-refractivity contribution in [1.29, 1.82) is 5.26 Å². The molecule has 0 aliphatic carbocycles. The lowest BCUT2D eigenvalue weighted by Gasteiger charge is -2.06. The van der Waals surface area contributed by atoms with Crippen LogP contribution < -0.4 is 5.56 Å². The van der Waals surface area contributed by atoms with Gasteiger partial charge in [-0.05, 0) is 35.9 Å². The highest BCUT2D eigenvalue weighted by Crippen LogP contribution is 2.27. The molecule has 0 fully saturated rings. The fraction of sp³-hybridized carbons (Fsp3) is 0. The van der Waals surface area contributed by atoms with Gasteiger partial charge in [0.2, 0.25) is 0 Å². The molecule has 3 rings (SSSR count). The summed E-state index contributed by atoms with van der Waals surface area (Å²) in [5, 5.41) is 9.23. The van der Waals surface area contributed by atoms with Crippen LogP contribution in [0.25, 0.3) is 22.6 Å². The number of halogens is 1. The number of pyridine rings is 1. The van der Waals surface area contributed by atoms with Crippen LogP contribution in [0, 0.1) is 11.3 Å². The third-order valence-electron chi connectivity index (χ3n) is 3.09. The van der Waals surface area contributed by atoms with Crippen LogP contribution in [0.1, 0.15) is 5.56 Å². The Bertz CT molecular complexity index is 872. The number of nitrogens with zero attached hydrogens (tertiary/aromatic N) is 1. The fourth-order valence-corrected chi connectivity index (χ4v) is 2.36. The predicted molar refractivity (Wildman–Crippen MR) is 82.6 cm³/mol. The third-order valence-corrected chi connectivity index (χ3v) is 3.62. The molecule has 0 spiro atoms. The maximum Gasteiger partial charge on any atom is 0.267 e. The summed E-state index contributed by atoms with van der Waals surface area (Å²) in [7, 11) is 0. The predicted octanol–water partition coefficient (Wildman–Crippen LogP) is 3.94. The number of hydrogen-bond donors (Lipinski definition) is 1. The molecule has 2 aromatic heterocycles. The normalized spacial score (nSPS) is 10.3. The second-order valence-corrected chi connectivity index (χ2v) is 5.31. The van der Waals surface area contributed by atoms with E-state index in [2.05, 4.69) is 20.9 Å². The second-order valence-electron chi connectivity index (χ2n) is 4.40. The zero-order chi connectivity index (χ0) is 14.8. The first-order chi connectivity index (χ1) is 10.2. The Balaban J connectivity index is 2.25. The maximum absolute atomic E-state index is 12.1. The maximum atomic E-state index is 12.1. The van der Waals surface area contributed by atoms with E-state index in [0.717, 1.165) is 10.0 Å². The first kappa shape index (κ1) is 13.4. The van der Waals surface area contributed by atoms with Gasteiger partial charge in [-0.25, -0.2) is 0 Å². The Kier molecular flexibility index (Phi) is 3.46. The van der Waals surface area contributed by atoms with Gasteiger partial charge in [0.05, 0.1) is 12.0 Å². The van der Waals surface area contributed by atoms with Gasteiger partial charge < -0.3 is 9.40 Å². The standard InChI is InChI=1S/C16H9BrN2O2/c17-11-5-3-10(4-6-11)12-8-14(15-2-1-7-21-15)19-16(20)13(12)9-18/h1-8H,(H,19,20). The number of aromatic amines is 1. The minimum absolute atomic E-state index is 0.0904. The zero-order valence-corrected chi connectivity index (χ0v) is 12.3. The van der Waals surface area contributed by atoms with E-state index >= 15 is 0 Å². The molecule has 0 unspecified atom stereocenters. The van der Waals surface area contributed by atoms with Crippen molar-refractivity contribution in [3.63, 3.8) is 0 Å². The van der Waals surface area contributed by atoms with E-state index in [9.17, 15) is 10.1 Å². The van der Waals surface area contributed by atoms with Crippen LogP contribution >= 0.6 is 15.9 Å². The minimum atomic E-state index is -0.427. The molecular weight excluding hydrogens is 332 g/mol. The molecule has 0 bridgehead atoms. The van der Waals surface area contributed by atoms with Crippen molar-refractivity contribution in [3.8, 4) is 28.7 Å². The summed E-state index contributed by atoms with van der Waals surface area (Å²) in [6.07, 6.45) is 1.53. The van der Waals surface area contributed by atoms with Gasteiger partial charge in [-0.2, -0.15) is 5.26 Å². The topological polar surface area (TPSA) is 69.8 Å². The molecule has 5 heteroatoms. The van der Waals surface area contributed by atoms with Crippen LogP contribution in [0.4, 0.5) is 0 Å². The Labute approximate surface area is 128 Å². The minimum Gasteiger partial charge on any atom is -0.463 e. The molecule has 0 atom stereocenters. The number of rotatable bonds is 2. The first-order valence-electron chi connectivity index (χ1n) is 6.16. The molecule has 0 radical (unpaired) electrons. The third kappa shape index (κ3) is 2.54. The Morgan fingerprint density at radius 2 is 1.95 bits per heavy atom. The Morgan fingerprint density at radius 1 is 1.19 bits per heavy atom. The van der Waals surface area contributed by atoms with Gasteiger partial charge in [-0.1, -0.05) is 28.1 Å². The molecule has 3 aromatic rings. The smallest absolute Gasteiger partial charge is 0.267 e. The van der Waals surface area contributed by atoms with Crippen molar-refractivity contribution in [1.82, 2.24) is 4.98 Å². The largest absolute Gasteiger partial charge is 0.463 e. The van der Waals surface area contributed by atoms with Gasteiger partial charge in [0.25, 0.3) is 5.56 Å². The van der Waals surface area contributed by atoms with E-state index in [1.807, 2.05) is 30.3 Å². The molecule has 0 aliphatic rings. The summed E-state index contributed by atoms with van der Waals surface area (Å²) in [6, 6.07) is 14.6. The van der Waals surface area contributed by atoms with Gasteiger partial charge in [-0.15, -0.1) is 0 Å². The molecule has 4 nitrogen and oxygen atoms in total. The monoisotopic (exact) mass is 340 g/mol. The lowest BCUT2D eigenvalue weighted by atomic mass is 10.0. The van der Waals surface area contributed by atoms with Crippen LogP contribution in [0.15, 0.2) is 62.4 Å². The lowest BCUT2D eigenvalue weighted by Crippen LogP contribution is -2.12. The van der Waals surface area contributed by atoms with Crippen LogP contribution in [0.3, 0.4) is 0 Å². The highest BCUT2D eigenvalue weighted by Gasteiger charge is 2.13. The molecule has 102 valence electrons. The molecule has 21 heavy (non-hydrogen) atoms. The summed E-state index contributed by atoms with van der Waals surface area (Å²) < 4.78 is 6.23. The van der Waals surface area contributed by atoms with Gasteiger partial charge >= 0.3 is 0 Å². The number of nitrogens with one attached hydrogen (secondary N) is 1. The fourth-order valence-electron chi connectivity index (χ4n) is 2.09. The van der Waals surface area contributed by atoms with Gasteiger partial charge in [0, 0.05) is 10.0 Å². The van der Waals surface area contributed by atoms with E-state index in [1.54, 1.807) is 18.2 Å². The van der Waals surface area contributed by atoms with Crippen LogP contribution in [0.5, 0.6) is 0 Å². The van der Waals surface area contributed by atoms with Gasteiger partial charge in [-0.3, -0.25) is 4.79 Å². The van der Waals surface area contributed by atoms with Crippen molar-refractivity contribution in [2.24, 2.45) is 0 Å². The average molecular weight is 341 g/mol. The van der Waals surface area contributed by atoms with Crippen LogP contribution in [0.2, 0.25) is 0 Å². The number of benzene rings is 1. The van der Waals surface area contributed by atoms with E-state index in [1.165, 1.54) is 6.26 Å². The van der Waals surface area contributed by atoms with Crippen molar-refractivity contribution < 1.29 is 4.42 Å². The van der Waals surface area contributed by atoms with Gasteiger partial charge in [0.15, 0.2) is 0 Å². The first-order valence-corrected chi connectivity index (χ1v) is 6.95. The summed E-state index contributed by atoms with van der Waals surface area (Å²) in [5.41, 5.74) is 1.59. The second kappa shape index (κ2) is 5.43. The summed E-state index contributed by atoms with van der Waals surface area (Å²) >= 11 is 3.37. The van der Waals surface area contributed by atoms with Crippen LogP contribution in [-0.2, 0) is 0 Å². The van der Waals surface area contributed by atoms with E-state index in [4.69, 9.17) is 4.42 Å². The Morgan fingerprint density at radius 3 is 2.57 bits per heavy atom. The molecule has 1 aromatic carbocycles. The number of aromatic nitrogens is 1. The van der Waals surface area contributed by atoms with Crippen LogP contribution in [-0.4, -0.2) is 4.98 Å². The molecule has 0 amide bonds. The summed E-state index contributed by atoms with van der Waals surface area (Å²) in [5.74, 6) is 0.551. The highest BCUT2D eigenvalue weighted by atomic mass is 79.9. The number of nitriles is 1. The Hall–Kier alpha value is -2.58. The van der Waals surface area contributed by atoms with Crippen molar-refractivity contribution in [2.45, 2.75) is 0 Å². The number of furan rings is 1. The van der Waals surface area contributed by atoms with Crippen molar-refractivity contribution >= 4 is 15.9 Å². The molecule has 0 aliphatic heterocycles. The molecular formula is C16H9BrN2O2. The lowest BCUT2D eigenvalue weighted by molar-refractivity contribution is 0.580. The van der Waals surface area contributed by atoms with E-state index < -0.39 is 5.56 Å². The molecule has 0 saturated heterocycles. The SMILES string of the molecule is N#Cc1c(-c2ccc(Br)cc2)cc(-c2ccco2)[nH]c1=O. The highest BCUT2D eigenvalue weighted by molar-refractivity contribution is 9.10. The van der Waals surface area contributed by atoms with Gasteiger partial charge in [0.1, 0.15) is 17.4 Å². The summed E-state index contributed by atoms with van der Waals surface area (Å²) in [4.78, 5) is 14.8. The zero-order valence-electron chi connectivity index (χ0n) is 10.8. The molecule has 2 heterocycles. The van der Waals surface area contributed by atoms with Crippen molar-refractivity contribution in [3.05, 3.63) is 69.1 Å². The van der Waals surface area contributed by atoms with Crippen molar-refractivity contribution in [2.75, 3.05) is 0 Å². The number of hydrogen-bond acceptors (Lipinski definition) is 3. The van der Waals surface area contributed by atoms with E-state index in [-0.39, 0.29) is 5.56 Å².